The van der Waals surface area contributed by atoms with Crippen LogP contribution < -0.4 is 20.8 Å². The smallest absolute Gasteiger partial charge is 0.339 e. The maximum atomic E-state index is 13.1. The summed E-state index contributed by atoms with van der Waals surface area (Å²) in [7, 11) is 4.05. The summed E-state index contributed by atoms with van der Waals surface area (Å²) in [6.45, 7) is 10.4. The third-order valence-electron chi connectivity index (χ3n) is 8.06. The van der Waals surface area contributed by atoms with Crippen molar-refractivity contribution in [3.05, 3.63) is 60.9 Å². The van der Waals surface area contributed by atoms with Gasteiger partial charge in [-0.2, -0.15) is 5.10 Å². The van der Waals surface area contributed by atoms with Crippen molar-refractivity contribution in [3.8, 4) is 5.75 Å². The van der Waals surface area contributed by atoms with Gasteiger partial charge < -0.3 is 25.0 Å². The minimum Gasteiger partial charge on any atom is -0.491 e. The van der Waals surface area contributed by atoms with Gasteiger partial charge in [-0.1, -0.05) is 24.6 Å². The van der Waals surface area contributed by atoms with Crippen molar-refractivity contribution in [1.82, 2.24) is 30.1 Å². The van der Waals surface area contributed by atoms with Crippen LogP contribution in [0.15, 0.2) is 60.5 Å². The summed E-state index contributed by atoms with van der Waals surface area (Å²) in [4.78, 5) is 29.0. The third-order valence-corrected chi connectivity index (χ3v) is 8.06. The zero-order chi connectivity index (χ0) is 32.1. The Morgan fingerprint density at radius 1 is 1.15 bits per heavy atom. The molecule has 2 saturated heterocycles. The Bertz CT molecular complexity index is 1460. The van der Waals surface area contributed by atoms with E-state index >= 15 is 0 Å². The first-order valence-corrected chi connectivity index (χ1v) is 16.2. The van der Waals surface area contributed by atoms with E-state index in [1.807, 2.05) is 44.4 Å². The molecule has 12 heteroatoms. The van der Waals surface area contributed by atoms with Crippen LogP contribution in [0.25, 0.3) is 10.9 Å². The van der Waals surface area contributed by atoms with Crippen LogP contribution in [-0.2, 0) is 11.2 Å². The molecule has 3 aromatic rings. The highest BCUT2D eigenvalue weighted by Gasteiger charge is 2.22. The summed E-state index contributed by atoms with van der Waals surface area (Å²) >= 11 is 0. The Morgan fingerprint density at radius 3 is 2.76 bits per heavy atom. The number of morpholine rings is 1. The lowest BCUT2D eigenvalue weighted by atomic mass is 10.1. The highest BCUT2D eigenvalue weighted by atomic mass is 16.5. The molecule has 0 bridgehead atoms. The number of hydrogen-bond donors (Lipinski definition) is 3. The van der Waals surface area contributed by atoms with E-state index in [1.165, 1.54) is 31.2 Å². The number of allylic oxidation sites excluding steroid dienone is 1. The van der Waals surface area contributed by atoms with Crippen LogP contribution in [0.1, 0.15) is 31.2 Å². The number of hydrogen-bond acceptors (Lipinski definition) is 10. The minimum absolute atomic E-state index is 0.0347. The number of aromatic nitrogens is 2. The SMILES string of the molecule is C=CCc1ccc(Nc2ncnc3cc(OCCCN4CCCCC4)c(NC(=O)N/N=C/C4COCCN4CN(C)C)cc23)cc1. The lowest BCUT2D eigenvalue weighted by Crippen LogP contribution is -2.50. The minimum atomic E-state index is -0.478. The molecule has 0 aliphatic carbocycles. The molecule has 3 N–H and O–H groups in total. The van der Waals surface area contributed by atoms with Gasteiger partial charge in [0.2, 0.25) is 0 Å². The number of likely N-dealkylation sites (tertiary alicyclic amines) is 1. The standard InChI is InChI=1S/C34H47N9O3/c1-4-9-26-10-12-27(13-11-26)38-33-29-20-31(39-34(44)40-37-22-28-23-45-19-17-43(28)25-41(2)3)32(21-30(29)35-24-36-33)46-18-8-16-42-14-6-5-7-15-42/h4,10-13,20-22,24,28H,1,5-9,14-19,23,25H2,2-3H3,(H,35,36,38)(H2,39,40,44)/b37-22+. The van der Waals surface area contributed by atoms with Crippen molar-refractivity contribution < 1.29 is 14.3 Å². The summed E-state index contributed by atoms with van der Waals surface area (Å²) in [6, 6.07) is 11.3. The number of amides is 2. The van der Waals surface area contributed by atoms with Gasteiger partial charge in [-0.25, -0.2) is 20.2 Å². The van der Waals surface area contributed by atoms with E-state index in [-0.39, 0.29) is 6.04 Å². The Morgan fingerprint density at radius 2 is 1.98 bits per heavy atom. The van der Waals surface area contributed by atoms with Crippen LogP contribution in [0.3, 0.4) is 0 Å². The summed E-state index contributed by atoms with van der Waals surface area (Å²) in [5, 5.41) is 11.3. The van der Waals surface area contributed by atoms with Crippen molar-refractivity contribution in [3.63, 3.8) is 0 Å². The fraction of sp³-hybridized carbons (Fsp3) is 0.471. The second kappa shape index (κ2) is 17.0. The largest absolute Gasteiger partial charge is 0.491 e. The Balaban J connectivity index is 1.31. The van der Waals surface area contributed by atoms with Gasteiger partial charge in [-0.3, -0.25) is 9.80 Å². The molecule has 3 heterocycles. The van der Waals surface area contributed by atoms with Gasteiger partial charge in [0.25, 0.3) is 0 Å². The van der Waals surface area contributed by atoms with Gasteiger partial charge in [0.15, 0.2) is 0 Å². The number of hydrazone groups is 1. The van der Waals surface area contributed by atoms with E-state index < -0.39 is 6.03 Å². The summed E-state index contributed by atoms with van der Waals surface area (Å²) < 4.78 is 11.9. The zero-order valence-electron chi connectivity index (χ0n) is 27.1. The molecule has 2 aliphatic heterocycles. The van der Waals surface area contributed by atoms with E-state index in [0.717, 1.165) is 56.8 Å². The number of carbonyl (C=O) groups is 1. The first kappa shape index (κ1) is 33.3. The molecule has 1 aromatic heterocycles. The predicted molar refractivity (Wildman–Crippen MR) is 184 cm³/mol. The second-order valence-corrected chi connectivity index (χ2v) is 12.0. The molecule has 0 radical (unpaired) electrons. The summed E-state index contributed by atoms with van der Waals surface area (Å²) in [6.07, 6.45) is 10.7. The third kappa shape index (κ3) is 9.70. The fourth-order valence-electron chi connectivity index (χ4n) is 5.75. The molecule has 2 fully saturated rings. The van der Waals surface area contributed by atoms with Gasteiger partial charge in [0.1, 0.15) is 17.9 Å². The van der Waals surface area contributed by atoms with Gasteiger partial charge in [0.05, 0.1) is 43.7 Å². The molecule has 1 unspecified atom stereocenters. The highest BCUT2D eigenvalue weighted by Crippen LogP contribution is 2.33. The number of urea groups is 1. The molecule has 246 valence electrons. The van der Waals surface area contributed by atoms with Crippen LogP contribution in [0, 0.1) is 0 Å². The van der Waals surface area contributed by atoms with Crippen molar-refractivity contribution in [1.29, 1.82) is 0 Å². The number of piperidine rings is 1. The number of benzene rings is 2. The van der Waals surface area contributed by atoms with Gasteiger partial charge >= 0.3 is 6.03 Å². The second-order valence-electron chi connectivity index (χ2n) is 12.0. The molecular weight excluding hydrogens is 582 g/mol. The maximum absolute atomic E-state index is 13.1. The lowest BCUT2D eigenvalue weighted by molar-refractivity contribution is -0.000188. The zero-order valence-corrected chi connectivity index (χ0v) is 27.1. The Labute approximate surface area is 271 Å². The number of nitrogens with zero attached hydrogens (tertiary/aromatic N) is 6. The van der Waals surface area contributed by atoms with Crippen molar-refractivity contribution in [2.75, 3.05) is 77.4 Å². The average Bonchev–Trinajstić information content (AvgIpc) is 3.05. The van der Waals surface area contributed by atoms with Gasteiger partial charge in [0, 0.05) is 36.4 Å². The summed E-state index contributed by atoms with van der Waals surface area (Å²) in [5.41, 5.74) is 5.89. The first-order valence-electron chi connectivity index (χ1n) is 16.2. The Hall–Kier alpha value is -4.10. The number of ether oxygens (including phenoxy) is 2. The molecule has 0 spiro atoms. The maximum Gasteiger partial charge on any atom is 0.339 e. The van der Waals surface area contributed by atoms with Crippen LogP contribution in [0.5, 0.6) is 5.75 Å². The average molecular weight is 630 g/mol. The van der Waals surface area contributed by atoms with E-state index in [0.29, 0.717) is 42.6 Å². The lowest BCUT2D eigenvalue weighted by Gasteiger charge is -2.34. The molecule has 12 nitrogen and oxygen atoms in total. The van der Waals surface area contributed by atoms with E-state index in [4.69, 9.17) is 9.47 Å². The molecule has 1 atom stereocenters. The van der Waals surface area contributed by atoms with E-state index in [9.17, 15) is 4.79 Å². The number of rotatable bonds is 14. The van der Waals surface area contributed by atoms with Crippen molar-refractivity contribution in [2.45, 2.75) is 38.1 Å². The summed E-state index contributed by atoms with van der Waals surface area (Å²) in [5.74, 6) is 1.17. The first-order chi connectivity index (χ1) is 22.5. The van der Waals surface area contributed by atoms with Crippen LogP contribution in [-0.4, -0.2) is 110 Å². The van der Waals surface area contributed by atoms with Crippen molar-refractivity contribution in [2.24, 2.45) is 5.10 Å². The number of carbonyl (C=O) groups excluding carboxylic acids is 1. The Kier molecular flexibility index (Phi) is 12.3. The van der Waals surface area contributed by atoms with Crippen LogP contribution in [0.2, 0.25) is 0 Å². The van der Waals surface area contributed by atoms with Crippen LogP contribution in [0.4, 0.5) is 22.0 Å². The molecule has 0 saturated carbocycles. The molecular formula is C34H47N9O3. The van der Waals surface area contributed by atoms with Crippen LogP contribution >= 0.6 is 0 Å². The molecule has 5 rings (SSSR count). The van der Waals surface area contributed by atoms with Crippen molar-refractivity contribution >= 4 is 40.3 Å². The van der Waals surface area contributed by atoms with Gasteiger partial charge in [-0.15, -0.1) is 6.58 Å². The topological polar surface area (TPSA) is 119 Å². The van der Waals surface area contributed by atoms with E-state index in [1.54, 1.807) is 6.21 Å². The molecule has 2 amide bonds. The predicted octanol–water partition coefficient (Wildman–Crippen LogP) is 4.68. The van der Waals surface area contributed by atoms with Gasteiger partial charge in [-0.05, 0) is 76.6 Å². The highest BCUT2D eigenvalue weighted by molar-refractivity contribution is 5.99. The molecule has 2 aliphatic rings. The van der Waals surface area contributed by atoms with E-state index in [2.05, 4.69) is 64.5 Å². The quantitative estimate of drug-likeness (QED) is 0.101. The number of nitrogens with one attached hydrogen (secondary N) is 3. The molecule has 2 aromatic carbocycles. The number of anilines is 3. The monoisotopic (exact) mass is 629 g/mol. The normalized spacial score (nSPS) is 17.8. The fourth-order valence-corrected chi connectivity index (χ4v) is 5.75. The number of fused-ring (bicyclic) bond motifs is 1. The molecule has 46 heavy (non-hydrogen) atoms.